The normalized spacial score (nSPS) is 14.5. The summed E-state index contributed by atoms with van der Waals surface area (Å²) < 4.78 is 23.7. The van der Waals surface area contributed by atoms with Crippen LogP contribution in [0.15, 0.2) is 73.0 Å². The Morgan fingerprint density at radius 1 is 1.17 bits per heavy atom. The predicted molar refractivity (Wildman–Crippen MR) is 102 cm³/mol. The highest BCUT2D eigenvalue weighted by atomic mass is 127. The second-order valence-electron chi connectivity index (χ2n) is 4.98. The smallest absolute Gasteiger partial charge is 0.374 e. The van der Waals surface area contributed by atoms with Gasteiger partial charge in [-0.05, 0) is 24.6 Å². The third kappa shape index (κ3) is 6.37. The molecule has 0 bridgehead atoms. The molecular weight excluding hydrogens is 424 g/mol. The molecule has 0 aliphatic heterocycles. The van der Waals surface area contributed by atoms with Crippen molar-refractivity contribution in [1.82, 2.24) is 5.09 Å². The summed E-state index contributed by atoms with van der Waals surface area (Å²) in [6.07, 6.45) is 0. The highest BCUT2D eigenvalue weighted by molar-refractivity contribution is 14.2. The quantitative estimate of drug-likeness (QED) is 0.341. The fourth-order valence-corrected chi connectivity index (χ4v) is 4.81. The molecule has 23 heavy (non-hydrogen) atoms. The lowest BCUT2D eigenvalue weighted by Crippen LogP contribution is -2.26. The molecule has 1 unspecified atom stereocenters. The lowest BCUT2D eigenvalue weighted by molar-refractivity contribution is 0.181. The van der Waals surface area contributed by atoms with Crippen molar-refractivity contribution in [2.45, 2.75) is 19.6 Å². The van der Waals surface area contributed by atoms with E-state index >= 15 is 0 Å². The molecule has 2 atom stereocenters. The predicted octanol–water partition coefficient (Wildman–Crippen LogP) is 5.32. The zero-order valence-corrected chi connectivity index (χ0v) is 15.9. The highest BCUT2D eigenvalue weighted by Gasteiger charge is 2.24. The van der Waals surface area contributed by atoms with Crippen molar-refractivity contribution >= 4 is 27.2 Å². The molecule has 2 aromatic carbocycles. The first-order valence-electron chi connectivity index (χ1n) is 7.14. The van der Waals surface area contributed by atoms with Crippen LogP contribution in [0.1, 0.15) is 12.5 Å². The lowest BCUT2D eigenvalue weighted by atomic mass is 10.2. The Morgan fingerprint density at radius 3 is 2.35 bits per heavy atom. The second kappa shape index (κ2) is 8.52. The molecule has 6 heteroatoms. The average Bonchev–Trinajstić information content (AvgIpc) is 2.53. The summed E-state index contributed by atoms with van der Waals surface area (Å²) in [7, 11) is 0. The van der Waals surface area contributed by atoms with Crippen molar-refractivity contribution in [1.29, 1.82) is 0 Å². The first-order chi connectivity index (χ1) is 11.0. The number of rotatable bonds is 8. The first-order valence-corrected chi connectivity index (χ1v) is 11.5. The average molecular weight is 443 g/mol. The molecule has 2 rings (SSSR count). The molecule has 0 fully saturated rings. The van der Waals surface area contributed by atoms with E-state index in [1.54, 1.807) is 34.2 Å². The Kier molecular flexibility index (Phi) is 6.69. The Bertz CT molecular complexity index is 679. The summed E-state index contributed by atoms with van der Waals surface area (Å²) >= 11 is 1.79. The van der Waals surface area contributed by atoms with Gasteiger partial charge in [0.1, 0.15) is 18.1 Å². The standard InChI is InChI=1S/C17H19INO3P/c1-14(15(2)21-13-16-9-5-3-6-10-16)19-23(18,20)22-17-11-7-4-8-12-17/h3-12,14H,2,13H2,1H3,(H,19,20)/t14?,23-/m0/s1. The van der Waals surface area contributed by atoms with E-state index in [0.717, 1.165) is 5.56 Å². The Hall–Kier alpha value is -1.30. The Labute approximate surface area is 149 Å². The summed E-state index contributed by atoms with van der Waals surface area (Å²) in [6, 6.07) is 18.6. The minimum atomic E-state index is -3.04. The number of hydrogen-bond acceptors (Lipinski definition) is 3. The lowest BCUT2D eigenvalue weighted by Gasteiger charge is -2.21. The molecule has 0 radical (unpaired) electrons. The topological polar surface area (TPSA) is 47.6 Å². The van der Waals surface area contributed by atoms with Gasteiger partial charge in [-0.3, -0.25) is 0 Å². The molecule has 0 aliphatic rings. The van der Waals surface area contributed by atoms with Gasteiger partial charge in [-0.25, -0.2) is 9.65 Å². The van der Waals surface area contributed by atoms with Gasteiger partial charge in [0.15, 0.2) is 0 Å². The molecule has 0 aromatic heterocycles. The minimum absolute atomic E-state index is 0.301. The SMILES string of the molecule is C=C(OCc1ccccc1)C(C)N[P@](=O)(I)Oc1ccccc1. The summed E-state index contributed by atoms with van der Waals surface area (Å²) in [4.78, 5) is 0. The summed E-state index contributed by atoms with van der Waals surface area (Å²) in [5, 5.41) is -0.105. The van der Waals surface area contributed by atoms with Gasteiger partial charge < -0.3 is 9.26 Å². The number of benzene rings is 2. The molecular formula is C17H19INO3P. The third-order valence-corrected chi connectivity index (χ3v) is 5.63. The van der Waals surface area contributed by atoms with Crippen LogP contribution in [-0.2, 0) is 15.9 Å². The third-order valence-electron chi connectivity index (χ3n) is 3.06. The molecule has 2 aromatic rings. The van der Waals surface area contributed by atoms with Crippen molar-refractivity contribution in [2.24, 2.45) is 0 Å². The van der Waals surface area contributed by atoms with Crippen molar-refractivity contribution in [2.75, 3.05) is 0 Å². The number of para-hydroxylation sites is 1. The fourth-order valence-electron chi connectivity index (χ4n) is 1.82. The van der Waals surface area contributed by atoms with Crippen molar-refractivity contribution < 1.29 is 13.8 Å². The maximum atomic E-state index is 12.5. The van der Waals surface area contributed by atoms with Gasteiger partial charge in [0.2, 0.25) is 0 Å². The van der Waals surface area contributed by atoms with Crippen LogP contribution in [0.3, 0.4) is 0 Å². The number of halogens is 1. The van der Waals surface area contributed by atoms with Gasteiger partial charge in [-0.2, -0.15) is 0 Å². The molecule has 0 heterocycles. The summed E-state index contributed by atoms with van der Waals surface area (Å²) in [5.74, 6) is 1.07. The van der Waals surface area contributed by atoms with Crippen LogP contribution in [0, 0.1) is 0 Å². The van der Waals surface area contributed by atoms with Gasteiger partial charge in [0.25, 0.3) is 0 Å². The van der Waals surface area contributed by atoms with Crippen LogP contribution in [0.2, 0.25) is 0 Å². The fraction of sp³-hybridized carbons (Fsp3) is 0.176. The minimum Gasteiger partial charge on any atom is -0.492 e. The summed E-state index contributed by atoms with van der Waals surface area (Å²) in [6.45, 7) is 6.16. The van der Waals surface area contributed by atoms with Crippen LogP contribution in [0.25, 0.3) is 0 Å². The second-order valence-corrected chi connectivity index (χ2v) is 10.2. The van der Waals surface area contributed by atoms with E-state index in [9.17, 15) is 4.57 Å². The largest absolute Gasteiger partial charge is 0.492 e. The van der Waals surface area contributed by atoms with Crippen LogP contribution in [0.4, 0.5) is 0 Å². The van der Waals surface area contributed by atoms with Crippen LogP contribution < -0.4 is 9.61 Å². The maximum Gasteiger partial charge on any atom is 0.374 e. The van der Waals surface area contributed by atoms with Gasteiger partial charge in [0, 0.05) is 0 Å². The van der Waals surface area contributed by atoms with Gasteiger partial charge >= 0.3 is 5.16 Å². The zero-order chi connectivity index (χ0) is 16.7. The van der Waals surface area contributed by atoms with Crippen molar-refractivity contribution in [3.05, 3.63) is 78.6 Å². The van der Waals surface area contributed by atoms with Crippen LogP contribution >= 0.6 is 27.2 Å². The number of ether oxygens (including phenoxy) is 1. The molecule has 0 saturated heterocycles. The van der Waals surface area contributed by atoms with E-state index in [-0.39, 0.29) is 6.04 Å². The van der Waals surface area contributed by atoms with E-state index in [2.05, 4.69) is 11.7 Å². The monoisotopic (exact) mass is 443 g/mol. The van der Waals surface area contributed by atoms with E-state index in [0.29, 0.717) is 18.1 Å². The summed E-state index contributed by atoms with van der Waals surface area (Å²) in [5.41, 5.74) is 1.05. The molecule has 4 nitrogen and oxygen atoms in total. The number of nitrogens with one attached hydrogen (secondary N) is 1. The van der Waals surface area contributed by atoms with Crippen LogP contribution in [-0.4, -0.2) is 6.04 Å². The van der Waals surface area contributed by atoms with Gasteiger partial charge in [-0.1, -0.05) is 55.1 Å². The van der Waals surface area contributed by atoms with E-state index in [1.807, 2.05) is 55.5 Å². The molecule has 0 aliphatic carbocycles. The Morgan fingerprint density at radius 2 is 1.74 bits per heavy atom. The van der Waals surface area contributed by atoms with Gasteiger partial charge in [-0.15, -0.1) is 0 Å². The highest BCUT2D eigenvalue weighted by Crippen LogP contribution is 2.52. The van der Waals surface area contributed by atoms with Crippen molar-refractivity contribution in [3.63, 3.8) is 0 Å². The van der Waals surface area contributed by atoms with E-state index in [4.69, 9.17) is 9.26 Å². The van der Waals surface area contributed by atoms with Gasteiger partial charge in [0.05, 0.1) is 28.1 Å². The Balaban J connectivity index is 1.86. The van der Waals surface area contributed by atoms with E-state index < -0.39 is 5.16 Å². The zero-order valence-electron chi connectivity index (χ0n) is 12.8. The van der Waals surface area contributed by atoms with E-state index in [1.165, 1.54) is 0 Å². The molecule has 122 valence electrons. The molecule has 0 spiro atoms. The maximum absolute atomic E-state index is 12.5. The molecule has 0 saturated carbocycles. The number of hydrogen-bond donors (Lipinski definition) is 1. The van der Waals surface area contributed by atoms with Crippen LogP contribution in [0.5, 0.6) is 5.75 Å². The molecule has 1 N–H and O–H groups in total. The van der Waals surface area contributed by atoms with Crippen molar-refractivity contribution in [3.8, 4) is 5.75 Å². The molecule has 0 amide bonds. The first kappa shape index (κ1) is 18.0.